The quantitative estimate of drug-likeness (QED) is 0.497. The zero-order chi connectivity index (χ0) is 18.4. The summed E-state index contributed by atoms with van der Waals surface area (Å²) in [7, 11) is 0. The van der Waals surface area contributed by atoms with E-state index in [0.717, 1.165) is 29.4 Å². The van der Waals surface area contributed by atoms with Gasteiger partial charge in [0, 0.05) is 0 Å². The van der Waals surface area contributed by atoms with E-state index in [1.807, 2.05) is 35.0 Å². The molecule has 1 aromatic heterocycles. The summed E-state index contributed by atoms with van der Waals surface area (Å²) in [6.07, 6.45) is 8.59. The van der Waals surface area contributed by atoms with Gasteiger partial charge in [-0.05, 0) is 48.7 Å². The minimum Gasteiger partial charge on any atom is -0.508 e. The Kier molecular flexibility index (Phi) is 6.26. The lowest BCUT2D eigenvalue weighted by molar-refractivity contribution is 0.448. The summed E-state index contributed by atoms with van der Waals surface area (Å²) in [4.78, 5) is 0. The van der Waals surface area contributed by atoms with Crippen LogP contribution in [-0.4, -0.2) is 20.1 Å². The molecule has 3 aromatic rings. The number of aryl methyl sites for hydroxylation is 1. The van der Waals surface area contributed by atoms with Gasteiger partial charge in [-0.3, -0.25) is 0 Å². The highest BCUT2D eigenvalue weighted by Crippen LogP contribution is 2.31. The molecule has 4 heteroatoms. The fourth-order valence-electron chi connectivity index (χ4n) is 3.63. The van der Waals surface area contributed by atoms with Crippen LogP contribution in [0.15, 0.2) is 42.5 Å². The maximum Gasteiger partial charge on any atom is 0.115 e. The molecule has 0 spiro atoms. The van der Waals surface area contributed by atoms with E-state index in [1.165, 1.54) is 37.7 Å². The summed E-state index contributed by atoms with van der Waals surface area (Å²) in [6.45, 7) is 4.35. The third kappa shape index (κ3) is 4.24. The molecule has 0 fully saturated rings. The van der Waals surface area contributed by atoms with Crippen molar-refractivity contribution < 1.29 is 5.11 Å². The standard InChI is InChI=1S/C22H29N3O/c1-3-4-5-6-7-8-12-21(19-16-18(26)15-14-17(19)2)25-22-13-10-9-11-20(22)23-24-25/h9-11,13-16,21,26H,3-8,12H2,1-2H3. The van der Waals surface area contributed by atoms with E-state index >= 15 is 0 Å². The van der Waals surface area contributed by atoms with E-state index in [-0.39, 0.29) is 6.04 Å². The van der Waals surface area contributed by atoms with Crippen LogP contribution in [-0.2, 0) is 0 Å². The van der Waals surface area contributed by atoms with Gasteiger partial charge in [-0.15, -0.1) is 5.10 Å². The molecule has 0 amide bonds. The molecule has 1 heterocycles. The average molecular weight is 351 g/mol. The topological polar surface area (TPSA) is 50.9 Å². The monoisotopic (exact) mass is 351 g/mol. The molecule has 3 rings (SSSR count). The largest absolute Gasteiger partial charge is 0.508 e. The third-order valence-electron chi connectivity index (χ3n) is 5.13. The number of phenolic OH excluding ortho intramolecular Hbond substituents is 1. The molecule has 4 nitrogen and oxygen atoms in total. The molecule has 1 unspecified atom stereocenters. The van der Waals surface area contributed by atoms with E-state index in [4.69, 9.17) is 0 Å². The van der Waals surface area contributed by atoms with Crippen molar-refractivity contribution in [2.45, 2.75) is 64.8 Å². The highest BCUT2D eigenvalue weighted by atomic mass is 16.3. The van der Waals surface area contributed by atoms with Crippen molar-refractivity contribution in [2.75, 3.05) is 0 Å². The summed E-state index contributed by atoms with van der Waals surface area (Å²) in [5.74, 6) is 0.308. The summed E-state index contributed by atoms with van der Waals surface area (Å²) < 4.78 is 2.03. The lowest BCUT2D eigenvalue weighted by atomic mass is 9.95. The molecule has 1 N–H and O–H groups in total. The lowest BCUT2D eigenvalue weighted by Crippen LogP contribution is -2.14. The van der Waals surface area contributed by atoms with E-state index in [1.54, 1.807) is 6.07 Å². The number of rotatable bonds is 9. The normalized spacial score (nSPS) is 12.5. The Morgan fingerprint density at radius 3 is 2.62 bits per heavy atom. The van der Waals surface area contributed by atoms with E-state index < -0.39 is 0 Å². The Morgan fingerprint density at radius 2 is 1.77 bits per heavy atom. The predicted molar refractivity (Wildman–Crippen MR) is 107 cm³/mol. The second-order valence-corrected chi connectivity index (χ2v) is 7.14. The fourth-order valence-corrected chi connectivity index (χ4v) is 3.63. The van der Waals surface area contributed by atoms with Gasteiger partial charge in [0.15, 0.2) is 0 Å². The summed E-state index contributed by atoms with van der Waals surface area (Å²) in [5.41, 5.74) is 4.28. The van der Waals surface area contributed by atoms with Crippen LogP contribution in [0.4, 0.5) is 0 Å². The SMILES string of the molecule is CCCCCCCCC(c1cc(O)ccc1C)n1nnc2ccccc21. The summed E-state index contributed by atoms with van der Waals surface area (Å²) in [6, 6.07) is 13.8. The maximum atomic E-state index is 10.0. The number of fused-ring (bicyclic) bond motifs is 1. The van der Waals surface area contributed by atoms with Gasteiger partial charge in [0.2, 0.25) is 0 Å². The van der Waals surface area contributed by atoms with Crippen LogP contribution < -0.4 is 0 Å². The lowest BCUT2D eigenvalue weighted by Gasteiger charge is -2.21. The van der Waals surface area contributed by atoms with Crippen molar-refractivity contribution in [3.05, 3.63) is 53.6 Å². The molecule has 0 bridgehead atoms. The zero-order valence-corrected chi connectivity index (χ0v) is 15.9. The molecule has 0 aliphatic heterocycles. The molecule has 1 atom stereocenters. The van der Waals surface area contributed by atoms with Crippen LogP contribution in [0.1, 0.15) is 69.0 Å². The number of benzene rings is 2. The second kappa shape index (κ2) is 8.84. The van der Waals surface area contributed by atoms with E-state index in [9.17, 15) is 5.11 Å². The molecular weight excluding hydrogens is 322 g/mol. The van der Waals surface area contributed by atoms with Crippen molar-refractivity contribution in [2.24, 2.45) is 0 Å². The van der Waals surface area contributed by atoms with Gasteiger partial charge >= 0.3 is 0 Å². The minimum atomic E-state index is 0.0978. The zero-order valence-electron chi connectivity index (χ0n) is 15.9. The summed E-state index contributed by atoms with van der Waals surface area (Å²) >= 11 is 0. The maximum absolute atomic E-state index is 10.0. The molecule has 0 aliphatic carbocycles. The molecule has 0 aliphatic rings. The van der Waals surface area contributed by atoms with Gasteiger partial charge in [-0.1, -0.05) is 68.9 Å². The molecule has 0 radical (unpaired) electrons. The first kappa shape index (κ1) is 18.4. The van der Waals surface area contributed by atoms with Crippen molar-refractivity contribution in [3.63, 3.8) is 0 Å². The van der Waals surface area contributed by atoms with Gasteiger partial charge < -0.3 is 5.11 Å². The van der Waals surface area contributed by atoms with Crippen LogP contribution in [0.3, 0.4) is 0 Å². The third-order valence-corrected chi connectivity index (χ3v) is 5.13. The Bertz CT molecular complexity index is 840. The Morgan fingerprint density at radius 1 is 1.00 bits per heavy atom. The minimum absolute atomic E-state index is 0.0978. The van der Waals surface area contributed by atoms with Gasteiger partial charge in [-0.25, -0.2) is 4.68 Å². The number of aromatic nitrogens is 3. The van der Waals surface area contributed by atoms with Gasteiger partial charge in [0.1, 0.15) is 11.3 Å². The van der Waals surface area contributed by atoms with Gasteiger partial charge in [0.25, 0.3) is 0 Å². The molecular formula is C22H29N3O. The number of hydrogen-bond donors (Lipinski definition) is 1. The number of nitrogens with zero attached hydrogens (tertiary/aromatic N) is 3. The molecule has 138 valence electrons. The average Bonchev–Trinajstić information content (AvgIpc) is 3.07. The molecule has 2 aromatic carbocycles. The highest BCUT2D eigenvalue weighted by Gasteiger charge is 2.20. The first-order valence-corrected chi connectivity index (χ1v) is 9.80. The first-order valence-electron chi connectivity index (χ1n) is 9.80. The smallest absolute Gasteiger partial charge is 0.115 e. The van der Waals surface area contributed by atoms with Crippen molar-refractivity contribution in [3.8, 4) is 5.75 Å². The second-order valence-electron chi connectivity index (χ2n) is 7.14. The number of unbranched alkanes of at least 4 members (excludes halogenated alkanes) is 5. The molecule has 0 saturated heterocycles. The van der Waals surface area contributed by atoms with Crippen molar-refractivity contribution >= 4 is 11.0 Å². The van der Waals surface area contributed by atoms with Crippen molar-refractivity contribution in [1.82, 2.24) is 15.0 Å². The van der Waals surface area contributed by atoms with Crippen LogP contribution in [0, 0.1) is 6.92 Å². The van der Waals surface area contributed by atoms with Crippen LogP contribution in [0.25, 0.3) is 11.0 Å². The number of para-hydroxylation sites is 1. The van der Waals surface area contributed by atoms with Crippen molar-refractivity contribution in [1.29, 1.82) is 0 Å². The first-order chi connectivity index (χ1) is 12.7. The highest BCUT2D eigenvalue weighted by molar-refractivity contribution is 5.74. The number of hydrogen-bond acceptors (Lipinski definition) is 3. The van der Waals surface area contributed by atoms with Crippen LogP contribution in [0.5, 0.6) is 5.75 Å². The van der Waals surface area contributed by atoms with Crippen LogP contribution >= 0.6 is 0 Å². The number of aromatic hydroxyl groups is 1. The van der Waals surface area contributed by atoms with Gasteiger partial charge in [0.05, 0.1) is 11.6 Å². The Hall–Kier alpha value is -2.36. The fraction of sp³-hybridized carbons (Fsp3) is 0.455. The number of phenols is 1. The molecule has 0 saturated carbocycles. The Labute approximate surface area is 155 Å². The van der Waals surface area contributed by atoms with Gasteiger partial charge in [-0.2, -0.15) is 0 Å². The summed E-state index contributed by atoms with van der Waals surface area (Å²) in [5, 5.41) is 18.8. The molecule has 26 heavy (non-hydrogen) atoms. The predicted octanol–water partition coefficient (Wildman–Crippen LogP) is 5.79. The van der Waals surface area contributed by atoms with Crippen LogP contribution in [0.2, 0.25) is 0 Å². The Balaban J connectivity index is 1.85. The van der Waals surface area contributed by atoms with E-state index in [0.29, 0.717) is 5.75 Å². The van der Waals surface area contributed by atoms with E-state index in [2.05, 4.69) is 30.2 Å².